The summed E-state index contributed by atoms with van der Waals surface area (Å²) in [6.45, 7) is 9.63. The highest BCUT2D eigenvalue weighted by atomic mass is 16.5. The third-order valence-corrected chi connectivity index (χ3v) is 3.45. The minimum absolute atomic E-state index is 0.226. The molecule has 0 aromatic carbocycles. The van der Waals surface area contributed by atoms with Crippen molar-refractivity contribution >= 4 is 11.9 Å². The van der Waals surface area contributed by atoms with Crippen molar-refractivity contribution in [3.63, 3.8) is 0 Å². The van der Waals surface area contributed by atoms with E-state index in [4.69, 9.17) is 10.5 Å². The molecule has 0 aliphatic carbocycles. The molecule has 0 radical (unpaired) electrons. The van der Waals surface area contributed by atoms with Gasteiger partial charge >= 0.3 is 6.03 Å². The Morgan fingerprint density at radius 2 is 1.79 bits per heavy atom. The van der Waals surface area contributed by atoms with Crippen molar-refractivity contribution in [3.05, 3.63) is 0 Å². The molecule has 0 saturated heterocycles. The van der Waals surface area contributed by atoms with Crippen LogP contribution in [0.2, 0.25) is 0 Å². The third-order valence-electron chi connectivity index (χ3n) is 3.45. The van der Waals surface area contributed by atoms with Crippen LogP contribution < -0.4 is 5.73 Å². The number of rotatable bonds is 7. The summed E-state index contributed by atoms with van der Waals surface area (Å²) in [5.41, 5.74) is 5.68. The average molecular weight is 269 g/mol. The maximum absolute atomic E-state index is 12.1. The van der Waals surface area contributed by atoms with E-state index in [0.29, 0.717) is 30.8 Å². The van der Waals surface area contributed by atoms with Gasteiger partial charge in [-0.3, -0.25) is 0 Å². The molecule has 1 rings (SSSR count). The lowest BCUT2D eigenvalue weighted by atomic mass is 9.80. The smallest absolute Gasteiger partial charge is 0.346 e. The highest BCUT2D eigenvalue weighted by molar-refractivity contribution is 6.05. The fraction of sp³-hybridized carbons (Fsp3) is 0.857. The largest absolute Gasteiger partial charge is 0.385 e. The van der Waals surface area contributed by atoms with E-state index in [-0.39, 0.29) is 6.03 Å². The average Bonchev–Trinajstić information content (AvgIpc) is 2.47. The zero-order valence-electron chi connectivity index (χ0n) is 12.8. The predicted molar refractivity (Wildman–Crippen MR) is 77.2 cm³/mol. The van der Waals surface area contributed by atoms with Gasteiger partial charge in [-0.1, -0.05) is 27.7 Å². The van der Waals surface area contributed by atoms with Crippen molar-refractivity contribution in [1.29, 1.82) is 0 Å². The molecule has 110 valence electrons. The molecule has 0 bridgehead atoms. The van der Waals surface area contributed by atoms with Crippen LogP contribution in [0.1, 0.15) is 40.5 Å². The van der Waals surface area contributed by atoms with Crippen molar-refractivity contribution < 1.29 is 9.53 Å². The molecular weight excluding hydrogens is 242 g/mol. The molecular formula is C14H27N3O2. The minimum Gasteiger partial charge on any atom is -0.385 e. The van der Waals surface area contributed by atoms with Crippen LogP contribution in [0.15, 0.2) is 4.99 Å². The first-order chi connectivity index (χ1) is 8.83. The summed E-state index contributed by atoms with van der Waals surface area (Å²) in [7, 11) is 1.64. The summed E-state index contributed by atoms with van der Waals surface area (Å²) in [5.74, 6) is 1.36. The molecule has 5 heteroatoms. The van der Waals surface area contributed by atoms with E-state index in [1.165, 1.54) is 0 Å². The Labute approximate surface area is 116 Å². The number of aliphatic imine (C=N–C) groups is 1. The van der Waals surface area contributed by atoms with Crippen molar-refractivity contribution in [2.24, 2.45) is 22.6 Å². The SMILES string of the molecule is COCCN1C(=O)N=C(N)C1(CC(C)C)CC(C)C. The summed E-state index contributed by atoms with van der Waals surface area (Å²) in [6, 6.07) is -0.226. The fourth-order valence-electron chi connectivity index (χ4n) is 2.94. The number of amides is 2. The number of hydrogen-bond donors (Lipinski definition) is 1. The Hall–Kier alpha value is -1.10. The van der Waals surface area contributed by atoms with E-state index < -0.39 is 5.54 Å². The number of amidine groups is 1. The van der Waals surface area contributed by atoms with E-state index in [2.05, 4.69) is 32.7 Å². The van der Waals surface area contributed by atoms with Gasteiger partial charge in [-0.05, 0) is 24.7 Å². The van der Waals surface area contributed by atoms with Crippen LogP contribution >= 0.6 is 0 Å². The lowest BCUT2D eigenvalue weighted by Crippen LogP contribution is -2.56. The van der Waals surface area contributed by atoms with Gasteiger partial charge in [0.25, 0.3) is 0 Å². The molecule has 0 fully saturated rings. The van der Waals surface area contributed by atoms with Crippen molar-refractivity contribution in [3.8, 4) is 0 Å². The Bertz CT molecular complexity index is 341. The monoisotopic (exact) mass is 269 g/mol. The highest BCUT2D eigenvalue weighted by Crippen LogP contribution is 2.35. The van der Waals surface area contributed by atoms with Crippen molar-refractivity contribution in [1.82, 2.24) is 4.90 Å². The number of hydrogen-bond acceptors (Lipinski definition) is 3. The molecule has 0 unspecified atom stereocenters. The summed E-state index contributed by atoms with van der Waals surface area (Å²) in [5, 5.41) is 0. The second-order valence-electron chi connectivity index (χ2n) is 6.15. The molecule has 0 aromatic rings. The van der Waals surface area contributed by atoms with E-state index in [0.717, 1.165) is 12.8 Å². The van der Waals surface area contributed by atoms with Gasteiger partial charge in [0.05, 0.1) is 6.61 Å². The van der Waals surface area contributed by atoms with E-state index in [1.807, 2.05) is 0 Å². The topological polar surface area (TPSA) is 67.9 Å². The van der Waals surface area contributed by atoms with Crippen LogP contribution in [0.25, 0.3) is 0 Å². The Balaban J connectivity index is 3.06. The lowest BCUT2D eigenvalue weighted by Gasteiger charge is -2.40. The van der Waals surface area contributed by atoms with E-state index in [9.17, 15) is 4.79 Å². The van der Waals surface area contributed by atoms with Crippen molar-refractivity contribution in [2.75, 3.05) is 20.3 Å². The summed E-state index contributed by atoms with van der Waals surface area (Å²) in [6.07, 6.45) is 1.69. The summed E-state index contributed by atoms with van der Waals surface area (Å²) in [4.78, 5) is 17.9. The molecule has 0 aromatic heterocycles. The lowest BCUT2D eigenvalue weighted by molar-refractivity contribution is 0.102. The highest BCUT2D eigenvalue weighted by Gasteiger charge is 2.48. The Morgan fingerprint density at radius 3 is 2.21 bits per heavy atom. The Morgan fingerprint density at radius 1 is 1.26 bits per heavy atom. The number of nitrogens with two attached hydrogens (primary N) is 1. The fourth-order valence-corrected chi connectivity index (χ4v) is 2.94. The predicted octanol–water partition coefficient (Wildman–Crippen LogP) is 2.26. The molecule has 0 spiro atoms. The van der Waals surface area contributed by atoms with Gasteiger partial charge in [0.2, 0.25) is 0 Å². The van der Waals surface area contributed by atoms with E-state index in [1.54, 1.807) is 12.0 Å². The first-order valence-corrected chi connectivity index (χ1v) is 6.98. The normalized spacial score (nSPS) is 18.6. The number of carbonyl (C=O) groups is 1. The molecule has 19 heavy (non-hydrogen) atoms. The van der Waals surface area contributed by atoms with Gasteiger partial charge in [0, 0.05) is 13.7 Å². The van der Waals surface area contributed by atoms with Gasteiger partial charge in [0.1, 0.15) is 11.4 Å². The summed E-state index contributed by atoms with van der Waals surface area (Å²) < 4.78 is 5.10. The molecule has 5 nitrogen and oxygen atoms in total. The maximum atomic E-state index is 12.1. The Kier molecular flexibility index (Phi) is 5.35. The number of urea groups is 1. The van der Waals surface area contributed by atoms with Crippen molar-refractivity contribution in [2.45, 2.75) is 46.1 Å². The molecule has 0 saturated carbocycles. The van der Waals surface area contributed by atoms with Crippen LogP contribution in [-0.2, 0) is 4.74 Å². The number of methoxy groups -OCH3 is 1. The molecule has 2 N–H and O–H groups in total. The minimum atomic E-state index is -0.433. The van der Waals surface area contributed by atoms with Gasteiger partial charge < -0.3 is 15.4 Å². The molecule has 0 atom stereocenters. The summed E-state index contributed by atoms with van der Waals surface area (Å²) >= 11 is 0. The van der Waals surface area contributed by atoms with Gasteiger partial charge in [0.15, 0.2) is 0 Å². The first kappa shape index (κ1) is 16.0. The van der Waals surface area contributed by atoms with Crippen LogP contribution in [0.5, 0.6) is 0 Å². The second kappa shape index (κ2) is 6.37. The molecule has 1 aliphatic heterocycles. The second-order valence-corrected chi connectivity index (χ2v) is 6.15. The number of nitrogens with zero attached hydrogens (tertiary/aromatic N) is 2. The van der Waals surface area contributed by atoms with Gasteiger partial charge in [-0.25, -0.2) is 4.79 Å². The van der Waals surface area contributed by atoms with Crippen LogP contribution in [-0.4, -0.2) is 42.6 Å². The third kappa shape index (κ3) is 3.47. The van der Waals surface area contributed by atoms with E-state index >= 15 is 0 Å². The molecule has 2 amide bonds. The quantitative estimate of drug-likeness (QED) is 0.770. The molecule has 1 heterocycles. The standard InChI is InChI=1S/C14H27N3O2/c1-10(2)8-14(9-11(3)4)12(15)16-13(18)17(14)6-7-19-5/h10-11H,6-9H2,1-5H3,(H2,15,16,18). The first-order valence-electron chi connectivity index (χ1n) is 6.98. The van der Waals surface area contributed by atoms with Gasteiger partial charge in [-0.2, -0.15) is 4.99 Å². The van der Waals surface area contributed by atoms with Gasteiger partial charge in [-0.15, -0.1) is 0 Å². The van der Waals surface area contributed by atoms with Crippen LogP contribution in [0.3, 0.4) is 0 Å². The zero-order valence-corrected chi connectivity index (χ0v) is 12.8. The zero-order chi connectivity index (χ0) is 14.6. The molecule has 1 aliphatic rings. The number of carbonyl (C=O) groups excluding carboxylic acids is 1. The number of ether oxygens (including phenoxy) is 1. The van der Waals surface area contributed by atoms with Crippen LogP contribution in [0, 0.1) is 11.8 Å². The maximum Gasteiger partial charge on any atom is 0.346 e. The van der Waals surface area contributed by atoms with Crippen LogP contribution in [0.4, 0.5) is 4.79 Å².